The van der Waals surface area contributed by atoms with E-state index in [9.17, 15) is 9.59 Å². The minimum atomic E-state index is -0.308. The van der Waals surface area contributed by atoms with E-state index in [0.29, 0.717) is 24.9 Å². The fourth-order valence-electron chi connectivity index (χ4n) is 3.13. The number of halogens is 1. The zero-order chi connectivity index (χ0) is 15.4. The smallest absolute Gasteiger partial charge is 0.324 e. The van der Waals surface area contributed by atoms with Crippen molar-refractivity contribution in [3.63, 3.8) is 0 Å². The van der Waals surface area contributed by atoms with Crippen LogP contribution in [0.5, 0.6) is 0 Å². The molecule has 8 heteroatoms. The number of rotatable bonds is 3. The van der Waals surface area contributed by atoms with Crippen LogP contribution in [-0.4, -0.2) is 67.5 Å². The number of amides is 3. The van der Waals surface area contributed by atoms with Crippen LogP contribution in [0, 0.1) is 11.8 Å². The van der Waals surface area contributed by atoms with Crippen molar-refractivity contribution in [1.29, 1.82) is 0 Å². The SMILES string of the molecule is CN=C(NCCN1C(=O)CNC1=O)N1CC(C)CC(C)C1.I. The first-order valence-electron chi connectivity index (χ1n) is 7.55. The molecule has 2 atom stereocenters. The van der Waals surface area contributed by atoms with Crippen LogP contribution in [0.4, 0.5) is 4.79 Å². The number of aliphatic imine (C=N–C) groups is 1. The van der Waals surface area contributed by atoms with Gasteiger partial charge in [0.25, 0.3) is 0 Å². The van der Waals surface area contributed by atoms with Crippen molar-refractivity contribution in [2.24, 2.45) is 16.8 Å². The lowest BCUT2D eigenvalue weighted by Gasteiger charge is -2.37. The van der Waals surface area contributed by atoms with Crippen molar-refractivity contribution in [3.05, 3.63) is 0 Å². The zero-order valence-corrected chi connectivity index (χ0v) is 15.8. The third kappa shape index (κ3) is 4.72. The van der Waals surface area contributed by atoms with E-state index in [1.54, 1.807) is 7.05 Å². The molecule has 2 heterocycles. The van der Waals surface area contributed by atoms with Crippen LogP contribution in [0.2, 0.25) is 0 Å². The monoisotopic (exact) mass is 423 g/mol. The molecule has 22 heavy (non-hydrogen) atoms. The van der Waals surface area contributed by atoms with Crippen LogP contribution in [-0.2, 0) is 4.79 Å². The van der Waals surface area contributed by atoms with E-state index >= 15 is 0 Å². The van der Waals surface area contributed by atoms with Crippen molar-refractivity contribution < 1.29 is 9.59 Å². The highest BCUT2D eigenvalue weighted by molar-refractivity contribution is 14.0. The second-order valence-electron chi connectivity index (χ2n) is 6.03. The molecule has 2 N–H and O–H groups in total. The number of guanidine groups is 1. The van der Waals surface area contributed by atoms with Gasteiger partial charge in [-0.1, -0.05) is 13.8 Å². The van der Waals surface area contributed by atoms with Crippen LogP contribution < -0.4 is 10.6 Å². The number of nitrogens with zero attached hydrogens (tertiary/aromatic N) is 3. The number of urea groups is 1. The standard InChI is InChI=1S/C14H25N5O2.HI/c1-10-6-11(2)9-18(8-10)13(15-3)16-4-5-19-12(20)7-17-14(19)21;/h10-11H,4-9H2,1-3H3,(H,15,16)(H,17,21);1H. The predicted molar refractivity (Wildman–Crippen MR) is 96.4 cm³/mol. The van der Waals surface area contributed by atoms with E-state index in [1.807, 2.05) is 0 Å². The van der Waals surface area contributed by atoms with E-state index in [-0.39, 0.29) is 42.5 Å². The number of likely N-dealkylation sites (tertiary alicyclic amines) is 1. The van der Waals surface area contributed by atoms with Crippen molar-refractivity contribution in [3.8, 4) is 0 Å². The Bertz CT molecular complexity index is 417. The molecular formula is C14H26IN5O2. The number of carbonyl (C=O) groups excluding carboxylic acids is 2. The maximum atomic E-state index is 11.5. The van der Waals surface area contributed by atoms with Gasteiger partial charge in [-0.15, -0.1) is 24.0 Å². The van der Waals surface area contributed by atoms with E-state index in [4.69, 9.17) is 0 Å². The Morgan fingerprint density at radius 2 is 1.95 bits per heavy atom. The molecule has 2 aliphatic heterocycles. The summed E-state index contributed by atoms with van der Waals surface area (Å²) in [4.78, 5) is 30.7. The number of carbonyl (C=O) groups is 2. The quantitative estimate of drug-likeness (QED) is 0.304. The third-order valence-electron chi connectivity index (χ3n) is 3.94. The number of imide groups is 1. The topological polar surface area (TPSA) is 77.0 Å². The average Bonchev–Trinajstić information content (AvgIpc) is 2.73. The van der Waals surface area contributed by atoms with Gasteiger partial charge >= 0.3 is 6.03 Å². The molecule has 2 fully saturated rings. The molecule has 0 aromatic heterocycles. The molecule has 0 bridgehead atoms. The maximum Gasteiger partial charge on any atom is 0.324 e. The molecule has 2 aliphatic rings. The summed E-state index contributed by atoms with van der Waals surface area (Å²) in [5, 5.41) is 5.77. The third-order valence-corrected chi connectivity index (χ3v) is 3.94. The molecule has 2 unspecified atom stereocenters. The number of hydrogen-bond donors (Lipinski definition) is 2. The van der Waals surface area contributed by atoms with Gasteiger partial charge < -0.3 is 15.5 Å². The molecule has 0 aromatic carbocycles. The molecule has 2 rings (SSSR count). The fraction of sp³-hybridized carbons (Fsp3) is 0.786. The van der Waals surface area contributed by atoms with E-state index < -0.39 is 0 Å². The highest BCUT2D eigenvalue weighted by Crippen LogP contribution is 2.20. The molecule has 3 amide bonds. The zero-order valence-electron chi connectivity index (χ0n) is 13.5. The fourth-order valence-corrected chi connectivity index (χ4v) is 3.13. The van der Waals surface area contributed by atoms with Gasteiger partial charge in [0.1, 0.15) is 0 Å². The Morgan fingerprint density at radius 3 is 2.45 bits per heavy atom. The Hall–Kier alpha value is -1.06. The molecular weight excluding hydrogens is 397 g/mol. The van der Waals surface area contributed by atoms with E-state index in [1.165, 1.54) is 11.3 Å². The Labute approximate surface area is 148 Å². The number of hydrogen-bond acceptors (Lipinski definition) is 3. The first-order chi connectivity index (χ1) is 10.0. The Kier molecular flexibility index (Phi) is 7.37. The van der Waals surface area contributed by atoms with Crippen LogP contribution >= 0.6 is 24.0 Å². The number of nitrogens with one attached hydrogen (secondary N) is 2. The van der Waals surface area contributed by atoms with E-state index in [2.05, 4.69) is 34.4 Å². The summed E-state index contributed by atoms with van der Waals surface area (Å²) in [5.74, 6) is 1.98. The van der Waals surface area contributed by atoms with Crippen molar-refractivity contribution >= 4 is 41.9 Å². The first kappa shape index (κ1) is 19.0. The highest BCUT2D eigenvalue weighted by atomic mass is 127. The minimum Gasteiger partial charge on any atom is -0.354 e. The summed E-state index contributed by atoms with van der Waals surface area (Å²) < 4.78 is 0. The average molecular weight is 423 g/mol. The van der Waals surface area contributed by atoms with Gasteiger partial charge in [-0.05, 0) is 18.3 Å². The van der Waals surface area contributed by atoms with Crippen LogP contribution in [0.1, 0.15) is 20.3 Å². The van der Waals surface area contributed by atoms with Gasteiger partial charge in [0, 0.05) is 33.2 Å². The first-order valence-corrected chi connectivity index (χ1v) is 7.55. The lowest BCUT2D eigenvalue weighted by Crippen LogP contribution is -2.50. The van der Waals surface area contributed by atoms with Gasteiger partial charge in [-0.3, -0.25) is 14.7 Å². The summed E-state index contributed by atoms with van der Waals surface area (Å²) in [5.41, 5.74) is 0. The van der Waals surface area contributed by atoms with Crippen LogP contribution in [0.25, 0.3) is 0 Å². The van der Waals surface area contributed by atoms with Crippen LogP contribution in [0.15, 0.2) is 4.99 Å². The normalized spacial score (nSPS) is 25.9. The van der Waals surface area contributed by atoms with Crippen LogP contribution in [0.3, 0.4) is 0 Å². The molecule has 0 saturated carbocycles. The predicted octanol–water partition coefficient (Wildman–Crippen LogP) is 0.709. The maximum absolute atomic E-state index is 11.5. The molecule has 0 radical (unpaired) electrons. The summed E-state index contributed by atoms with van der Waals surface area (Å²) in [6.07, 6.45) is 1.25. The van der Waals surface area contributed by atoms with Gasteiger partial charge in [-0.2, -0.15) is 0 Å². The molecule has 7 nitrogen and oxygen atoms in total. The van der Waals surface area contributed by atoms with Crippen molar-refractivity contribution in [1.82, 2.24) is 20.4 Å². The minimum absolute atomic E-state index is 0. The van der Waals surface area contributed by atoms with E-state index in [0.717, 1.165) is 19.0 Å². The summed E-state index contributed by atoms with van der Waals surface area (Å²) in [6, 6.07) is -0.308. The molecule has 0 spiro atoms. The molecule has 2 saturated heterocycles. The highest BCUT2D eigenvalue weighted by Gasteiger charge is 2.28. The van der Waals surface area contributed by atoms with Crippen molar-refractivity contribution in [2.75, 3.05) is 39.8 Å². The molecule has 126 valence electrons. The molecule has 0 aliphatic carbocycles. The van der Waals surface area contributed by atoms with Gasteiger partial charge in [-0.25, -0.2) is 4.79 Å². The van der Waals surface area contributed by atoms with Crippen molar-refractivity contribution in [2.45, 2.75) is 20.3 Å². The Balaban J connectivity index is 0.00000242. The van der Waals surface area contributed by atoms with Gasteiger partial charge in [0.05, 0.1) is 6.54 Å². The Morgan fingerprint density at radius 1 is 1.32 bits per heavy atom. The summed E-state index contributed by atoms with van der Waals surface area (Å²) in [7, 11) is 1.76. The summed E-state index contributed by atoms with van der Waals surface area (Å²) >= 11 is 0. The second kappa shape index (κ2) is 8.54. The lowest BCUT2D eigenvalue weighted by atomic mass is 9.92. The number of piperidine rings is 1. The van der Waals surface area contributed by atoms with Gasteiger partial charge in [0.2, 0.25) is 5.91 Å². The van der Waals surface area contributed by atoms with Gasteiger partial charge in [0.15, 0.2) is 5.96 Å². The lowest BCUT2D eigenvalue weighted by molar-refractivity contribution is -0.124. The second-order valence-corrected chi connectivity index (χ2v) is 6.03. The largest absolute Gasteiger partial charge is 0.354 e. The summed E-state index contributed by atoms with van der Waals surface area (Å²) in [6.45, 7) is 7.48. The molecule has 0 aromatic rings.